The maximum atomic E-state index is 13.2. The molecule has 6 heteroatoms. The van der Waals surface area contributed by atoms with E-state index in [9.17, 15) is 9.90 Å². The van der Waals surface area contributed by atoms with Gasteiger partial charge < -0.3 is 24.1 Å². The Bertz CT molecular complexity index is 772. The predicted molar refractivity (Wildman–Crippen MR) is 107 cm³/mol. The van der Waals surface area contributed by atoms with Gasteiger partial charge in [-0.05, 0) is 58.0 Å². The second kappa shape index (κ2) is 9.26. The van der Waals surface area contributed by atoms with Gasteiger partial charge in [-0.15, -0.1) is 0 Å². The van der Waals surface area contributed by atoms with Gasteiger partial charge in [0, 0.05) is 31.3 Å². The lowest BCUT2D eigenvalue weighted by Crippen LogP contribution is -2.42. The Morgan fingerprint density at radius 1 is 1.25 bits per heavy atom. The summed E-state index contributed by atoms with van der Waals surface area (Å²) in [7, 11) is 4.06. The molecule has 0 radical (unpaired) electrons. The molecule has 1 aromatic heterocycles. The van der Waals surface area contributed by atoms with Crippen molar-refractivity contribution < 1.29 is 19.1 Å². The molecule has 0 aliphatic carbocycles. The van der Waals surface area contributed by atoms with Crippen LogP contribution in [-0.2, 0) is 6.61 Å². The molecule has 2 atom stereocenters. The maximum Gasteiger partial charge on any atom is 0.289 e. The number of furan rings is 1. The van der Waals surface area contributed by atoms with Gasteiger partial charge in [0.2, 0.25) is 0 Å². The Hall–Kier alpha value is -2.31. The summed E-state index contributed by atoms with van der Waals surface area (Å²) in [5.41, 5.74) is 0.808. The number of rotatable bonds is 6. The molecule has 3 rings (SSSR count). The summed E-state index contributed by atoms with van der Waals surface area (Å²) in [6.07, 6.45) is 1.88. The number of benzene rings is 1. The first-order valence-corrected chi connectivity index (χ1v) is 9.81. The number of hydrogen-bond acceptors (Lipinski definition) is 5. The Morgan fingerprint density at radius 2 is 2.00 bits per heavy atom. The van der Waals surface area contributed by atoms with Crippen molar-refractivity contribution in [2.75, 3.05) is 33.8 Å². The normalized spacial score (nSPS) is 20.2. The summed E-state index contributed by atoms with van der Waals surface area (Å²) < 4.78 is 11.6. The van der Waals surface area contributed by atoms with E-state index in [1.54, 1.807) is 0 Å². The van der Waals surface area contributed by atoms with E-state index in [1.165, 1.54) is 0 Å². The Balaban J connectivity index is 1.72. The lowest BCUT2D eigenvalue weighted by molar-refractivity contribution is 0.0652. The molecule has 1 fully saturated rings. The number of amides is 1. The van der Waals surface area contributed by atoms with Gasteiger partial charge in [-0.3, -0.25) is 4.79 Å². The SMILES string of the molecule is Cc1cc(COc2ccccc2)oc1C(=O)N1C[C@@H](CO)CC[C@@H](N(C)C)C1. The molecule has 2 aromatic rings. The van der Waals surface area contributed by atoms with Crippen LogP contribution in [0.2, 0.25) is 0 Å². The number of likely N-dealkylation sites (N-methyl/N-ethyl adjacent to an activating group) is 1. The van der Waals surface area contributed by atoms with E-state index >= 15 is 0 Å². The maximum absolute atomic E-state index is 13.2. The average Bonchev–Trinajstić information content (AvgIpc) is 2.93. The van der Waals surface area contributed by atoms with Gasteiger partial charge in [0.25, 0.3) is 5.91 Å². The molecule has 28 heavy (non-hydrogen) atoms. The third-order valence-corrected chi connectivity index (χ3v) is 5.38. The highest BCUT2D eigenvalue weighted by molar-refractivity contribution is 5.93. The van der Waals surface area contributed by atoms with Crippen LogP contribution in [0.3, 0.4) is 0 Å². The lowest BCUT2D eigenvalue weighted by atomic mass is 10.0. The molecule has 0 saturated carbocycles. The summed E-state index contributed by atoms with van der Waals surface area (Å²) in [6, 6.07) is 11.7. The monoisotopic (exact) mass is 386 g/mol. The fourth-order valence-corrected chi connectivity index (χ4v) is 3.63. The minimum Gasteiger partial charge on any atom is -0.486 e. The number of likely N-dealkylation sites (tertiary alicyclic amines) is 1. The first-order chi connectivity index (χ1) is 13.5. The van der Waals surface area contributed by atoms with Gasteiger partial charge in [-0.1, -0.05) is 18.2 Å². The van der Waals surface area contributed by atoms with Gasteiger partial charge in [0.05, 0.1) is 0 Å². The highest BCUT2D eigenvalue weighted by Crippen LogP contribution is 2.24. The van der Waals surface area contributed by atoms with Crippen molar-refractivity contribution in [1.82, 2.24) is 9.80 Å². The highest BCUT2D eigenvalue weighted by Gasteiger charge is 2.30. The van der Waals surface area contributed by atoms with Crippen LogP contribution < -0.4 is 4.74 Å². The van der Waals surface area contributed by atoms with Crippen LogP contribution in [0, 0.1) is 12.8 Å². The molecule has 1 aliphatic heterocycles. The van der Waals surface area contributed by atoms with Crippen LogP contribution in [0.5, 0.6) is 5.75 Å². The molecular formula is C22H30N2O4. The number of aryl methyl sites for hydroxylation is 1. The van der Waals surface area contributed by atoms with E-state index in [4.69, 9.17) is 9.15 Å². The van der Waals surface area contributed by atoms with Crippen molar-refractivity contribution in [3.8, 4) is 5.75 Å². The van der Waals surface area contributed by atoms with Crippen LogP contribution in [0.15, 0.2) is 40.8 Å². The number of ether oxygens (including phenoxy) is 1. The molecule has 1 saturated heterocycles. The van der Waals surface area contributed by atoms with Crippen LogP contribution >= 0.6 is 0 Å². The topological polar surface area (TPSA) is 66.1 Å². The molecule has 152 valence electrons. The van der Waals surface area contributed by atoms with Crippen molar-refractivity contribution in [1.29, 1.82) is 0 Å². The fraction of sp³-hybridized carbons (Fsp3) is 0.500. The third kappa shape index (κ3) is 4.94. The first kappa shape index (κ1) is 20.4. The smallest absolute Gasteiger partial charge is 0.289 e. The third-order valence-electron chi connectivity index (χ3n) is 5.38. The molecule has 1 N–H and O–H groups in total. The van der Waals surface area contributed by atoms with Gasteiger partial charge in [0.15, 0.2) is 5.76 Å². The lowest BCUT2D eigenvalue weighted by Gasteiger charge is -2.28. The van der Waals surface area contributed by atoms with E-state index in [0.29, 0.717) is 24.6 Å². The van der Waals surface area contributed by atoms with E-state index in [-0.39, 0.29) is 31.1 Å². The largest absolute Gasteiger partial charge is 0.486 e. The van der Waals surface area contributed by atoms with Crippen LogP contribution in [0.1, 0.15) is 34.7 Å². The van der Waals surface area contributed by atoms with Crippen LogP contribution in [0.25, 0.3) is 0 Å². The molecule has 1 aromatic carbocycles. The minimum absolute atomic E-state index is 0.0945. The second-order valence-electron chi connectivity index (χ2n) is 7.78. The van der Waals surface area contributed by atoms with Gasteiger partial charge in [-0.25, -0.2) is 0 Å². The number of para-hydroxylation sites is 1. The van der Waals surface area contributed by atoms with E-state index in [1.807, 2.05) is 62.3 Å². The molecule has 6 nitrogen and oxygen atoms in total. The first-order valence-electron chi connectivity index (χ1n) is 9.81. The van der Waals surface area contributed by atoms with E-state index < -0.39 is 0 Å². The molecule has 1 amide bonds. The Kier molecular flexibility index (Phi) is 6.75. The summed E-state index contributed by atoms with van der Waals surface area (Å²) >= 11 is 0. The number of aliphatic hydroxyl groups excluding tert-OH is 1. The molecule has 0 unspecified atom stereocenters. The average molecular weight is 386 g/mol. The molecule has 0 bridgehead atoms. The van der Waals surface area contributed by atoms with Crippen molar-refractivity contribution in [3.63, 3.8) is 0 Å². The van der Waals surface area contributed by atoms with E-state index in [2.05, 4.69) is 4.90 Å². The molecule has 0 spiro atoms. The minimum atomic E-state index is -0.115. The Morgan fingerprint density at radius 3 is 2.68 bits per heavy atom. The van der Waals surface area contributed by atoms with Gasteiger partial charge in [0.1, 0.15) is 18.1 Å². The van der Waals surface area contributed by atoms with Gasteiger partial charge >= 0.3 is 0 Å². The Labute approximate surface area is 166 Å². The van der Waals surface area contributed by atoms with Crippen molar-refractivity contribution in [2.45, 2.75) is 32.4 Å². The van der Waals surface area contributed by atoms with Crippen molar-refractivity contribution in [2.24, 2.45) is 5.92 Å². The quantitative estimate of drug-likeness (QED) is 0.827. The van der Waals surface area contributed by atoms with E-state index in [0.717, 1.165) is 24.2 Å². The van der Waals surface area contributed by atoms with Crippen molar-refractivity contribution in [3.05, 3.63) is 53.5 Å². The molecule has 2 heterocycles. The molecule has 1 aliphatic rings. The van der Waals surface area contributed by atoms with Crippen LogP contribution in [-0.4, -0.2) is 60.6 Å². The summed E-state index contributed by atoms with van der Waals surface area (Å²) in [5, 5.41) is 9.66. The zero-order valence-corrected chi connectivity index (χ0v) is 16.9. The zero-order valence-electron chi connectivity index (χ0n) is 16.9. The number of carbonyl (C=O) groups is 1. The summed E-state index contributed by atoms with van der Waals surface area (Å²) in [5.74, 6) is 1.74. The highest BCUT2D eigenvalue weighted by atomic mass is 16.5. The number of hydrogen-bond donors (Lipinski definition) is 1. The summed E-state index contributed by atoms with van der Waals surface area (Å²) in [6.45, 7) is 3.44. The second-order valence-corrected chi connectivity index (χ2v) is 7.78. The number of nitrogens with zero attached hydrogens (tertiary/aromatic N) is 2. The fourth-order valence-electron chi connectivity index (χ4n) is 3.63. The predicted octanol–water partition coefficient (Wildman–Crippen LogP) is 2.94. The van der Waals surface area contributed by atoms with Crippen molar-refractivity contribution >= 4 is 5.91 Å². The zero-order chi connectivity index (χ0) is 20.1. The summed E-state index contributed by atoms with van der Waals surface area (Å²) in [4.78, 5) is 17.2. The molecular weight excluding hydrogens is 356 g/mol. The number of carbonyl (C=O) groups excluding carboxylic acids is 1. The van der Waals surface area contributed by atoms with Crippen LogP contribution in [0.4, 0.5) is 0 Å². The standard InChI is InChI=1S/C22H30N2O4/c1-16-11-20(15-27-19-7-5-4-6-8-19)28-21(16)22(26)24-12-17(14-25)9-10-18(13-24)23(2)3/h4-8,11,17-18,25H,9-10,12-15H2,1-3H3/t17-,18+/m0/s1. The van der Waals surface area contributed by atoms with Gasteiger partial charge in [-0.2, -0.15) is 0 Å². The number of aliphatic hydroxyl groups is 1.